The van der Waals surface area contributed by atoms with E-state index in [2.05, 4.69) is 16.8 Å². The van der Waals surface area contributed by atoms with Crippen molar-refractivity contribution in [3.63, 3.8) is 0 Å². The summed E-state index contributed by atoms with van der Waals surface area (Å²) in [5.74, 6) is 0.258. The molecule has 1 aromatic carbocycles. The first-order chi connectivity index (χ1) is 8.75. The van der Waals surface area contributed by atoms with E-state index in [0.717, 1.165) is 31.7 Å². The molecule has 1 aliphatic rings. The first kappa shape index (κ1) is 13.2. The van der Waals surface area contributed by atoms with E-state index in [9.17, 15) is 4.79 Å². The maximum absolute atomic E-state index is 12.0. The molecule has 3 heteroatoms. The van der Waals surface area contributed by atoms with Gasteiger partial charge >= 0.3 is 0 Å². The van der Waals surface area contributed by atoms with Crippen molar-refractivity contribution in [2.24, 2.45) is 0 Å². The lowest BCUT2D eigenvalue weighted by Crippen LogP contribution is -2.30. The van der Waals surface area contributed by atoms with Gasteiger partial charge in [0.25, 0.3) is 0 Å². The second-order valence-electron chi connectivity index (χ2n) is 5.04. The number of hydrogen-bond donors (Lipinski definition) is 0. The minimum atomic E-state index is 0.258. The van der Waals surface area contributed by atoms with Crippen LogP contribution in [0.4, 0.5) is 0 Å². The Balaban J connectivity index is 1.79. The number of benzene rings is 1. The number of Topliss-reactive ketones (excluding diaryl/α,β-unsaturated/α-hetero) is 1. The maximum Gasteiger partial charge on any atom is 0.164 e. The zero-order valence-electron chi connectivity index (χ0n) is 11.1. The van der Waals surface area contributed by atoms with Crippen molar-refractivity contribution in [3.8, 4) is 0 Å². The van der Waals surface area contributed by atoms with Crippen molar-refractivity contribution in [3.05, 3.63) is 35.9 Å². The Bertz CT molecular complexity index is 377. The van der Waals surface area contributed by atoms with Crippen molar-refractivity contribution < 1.29 is 4.79 Å². The van der Waals surface area contributed by atoms with Crippen LogP contribution >= 0.6 is 0 Å². The second-order valence-corrected chi connectivity index (χ2v) is 5.04. The quantitative estimate of drug-likeness (QED) is 0.758. The van der Waals surface area contributed by atoms with Crippen LogP contribution in [0.3, 0.4) is 0 Å². The minimum Gasteiger partial charge on any atom is -0.305 e. The fourth-order valence-corrected chi connectivity index (χ4v) is 2.35. The predicted molar refractivity (Wildman–Crippen MR) is 73.9 cm³/mol. The van der Waals surface area contributed by atoms with Gasteiger partial charge in [-0.15, -0.1) is 0 Å². The van der Waals surface area contributed by atoms with Crippen molar-refractivity contribution in [1.82, 2.24) is 9.80 Å². The summed E-state index contributed by atoms with van der Waals surface area (Å²) in [7, 11) is 2.17. The molecular formula is C15H22N2O. The molecule has 0 spiro atoms. The van der Waals surface area contributed by atoms with Crippen LogP contribution in [0, 0.1) is 0 Å². The molecule has 3 nitrogen and oxygen atoms in total. The third-order valence-corrected chi connectivity index (χ3v) is 3.56. The van der Waals surface area contributed by atoms with Gasteiger partial charge in [0.2, 0.25) is 0 Å². The minimum absolute atomic E-state index is 0.258. The lowest BCUT2D eigenvalue weighted by molar-refractivity contribution is 0.0965. The fraction of sp³-hybridized carbons (Fsp3) is 0.533. The molecule has 1 aliphatic heterocycles. The molecular weight excluding hydrogens is 224 g/mol. The molecule has 0 atom stereocenters. The molecule has 0 aliphatic carbocycles. The molecule has 0 amide bonds. The van der Waals surface area contributed by atoms with Gasteiger partial charge in [-0.1, -0.05) is 30.3 Å². The Hall–Kier alpha value is -1.19. The first-order valence-electron chi connectivity index (χ1n) is 6.75. The van der Waals surface area contributed by atoms with E-state index in [-0.39, 0.29) is 5.78 Å². The molecule has 1 heterocycles. The predicted octanol–water partition coefficient (Wildman–Crippen LogP) is 1.90. The largest absolute Gasteiger partial charge is 0.305 e. The second kappa shape index (κ2) is 6.66. The smallest absolute Gasteiger partial charge is 0.164 e. The van der Waals surface area contributed by atoms with E-state index in [4.69, 9.17) is 0 Å². The van der Waals surface area contributed by atoms with E-state index >= 15 is 0 Å². The number of rotatable bonds is 4. The van der Waals surface area contributed by atoms with Gasteiger partial charge in [-0.3, -0.25) is 4.79 Å². The molecule has 1 fully saturated rings. The lowest BCUT2D eigenvalue weighted by Gasteiger charge is -2.19. The van der Waals surface area contributed by atoms with E-state index in [1.807, 2.05) is 30.3 Å². The van der Waals surface area contributed by atoms with E-state index in [1.165, 1.54) is 13.0 Å². The normalized spacial score (nSPS) is 18.5. The van der Waals surface area contributed by atoms with Crippen LogP contribution in [0.2, 0.25) is 0 Å². The Morgan fingerprint density at radius 1 is 1.11 bits per heavy atom. The van der Waals surface area contributed by atoms with E-state index in [0.29, 0.717) is 6.42 Å². The summed E-state index contributed by atoms with van der Waals surface area (Å²) in [4.78, 5) is 16.8. The highest BCUT2D eigenvalue weighted by molar-refractivity contribution is 5.96. The van der Waals surface area contributed by atoms with Gasteiger partial charge in [-0.25, -0.2) is 0 Å². The molecule has 0 unspecified atom stereocenters. The summed E-state index contributed by atoms with van der Waals surface area (Å²) in [5, 5.41) is 0. The molecule has 1 aromatic rings. The average molecular weight is 246 g/mol. The van der Waals surface area contributed by atoms with Crippen molar-refractivity contribution in [2.45, 2.75) is 12.8 Å². The van der Waals surface area contributed by atoms with Crippen LogP contribution in [0.5, 0.6) is 0 Å². The highest BCUT2D eigenvalue weighted by atomic mass is 16.1. The van der Waals surface area contributed by atoms with E-state index < -0.39 is 0 Å². The summed E-state index contributed by atoms with van der Waals surface area (Å²) in [6.07, 6.45) is 1.84. The summed E-state index contributed by atoms with van der Waals surface area (Å²) < 4.78 is 0. The number of carbonyl (C=O) groups is 1. The van der Waals surface area contributed by atoms with Crippen LogP contribution in [-0.4, -0.2) is 55.4 Å². The van der Waals surface area contributed by atoms with Gasteiger partial charge in [0.05, 0.1) is 0 Å². The monoisotopic (exact) mass is 246 g/mol. The molecule has 0 radical (unpaired) electrons. The van der Waals surface area contributed by atoms with Crippen LogP contribution < -0.4 is 0 Å². The zero-order valence-corrected chi connectivity index (χ0v) is 11.1. The number of carbonyl (C=O) groups excluding carboxylic acids is 1. The first-order valence-corrected chi connectivity index (χ1v) is 6.75. The molecule has 0 aromatic heterocycles. The molecule has 0 N–H and O–H groups in total. The van der Waals surface area contributed by atoms with Crippen molar-refractivity contribution in [1.29, 1.82) is 0 Å². The van der Waals surface area contributed by atoms with Crippen LogP contribution in [0.1, 0.15) is 23.2 Å². The molecule has 0 saturated carbocycles. The summed E-state index contributed by atoms with van der Waals surface area (Å²) in [6, 6.07) is 9.60. The SMILES string of the molecule is CN1CCCN(CCC(=O)c2ccccc2)CC1. The molecule has 0 bridgehead atoms. The Labute approximate surface area is 109 Å². The number of likely N-dealkylation sites (N-methyl/N-ethyl adjacent to an activating group) is 1. The van der Waals surface area contributed by atoms with Gasteiger partial charge in [0.1, 0.15) is 0 Å². The van der Waals surface area contributed by atoms with Crippen LogP contribution in [0.25, 0.3) is 0 Å². The standard InChI is InChI=1S/C15H22N2O/c1-16-9-5-10-17(13-12-16)11-8-15(18)14-6-3-2-4-7-14/h2-4,6-7H,5,8-13H2,1H3. The van der Waals surface area contributed by atoms with E-state index in [1.54, 1.807) is 0 Å². The van der Waals surface area contributed by atoms with Crippen LogP contribution in [-0.2, 0) is 0 Å². The van der Waals surface area contributed by atoms with Crippen molar-refractivity contribution >= 4 is 5.78 Å². The van der Waals surface area contributed by atoms with Gasteiger partial charge in [0, 0.05) is 31.6 Å². The molecule has 98 valence electrons. The summed E-state index contributed by atoms with van der Waals surface area (Å²) in [6.45, 7) is 5.37. The Morgan fingerprint density at radius 3 is 2.67 bits per heavy atom. The molecule has 18 heavy (non-hydrogen) atoms. The third-order valence-electron chi connectivity index (χ3n) is 3.56. The zero-order chi connectivity index (χ0) is 12.8. The van der Waals surface area contributed by atoms with Gasteiger partial charge < -0.3 is 9.80 Å². The number of nitrogens with zero attached hydrogens (tertiary/aromatic N) is 2. The van der Waals surface area contributed by atoms with Crippen molar-refractivity contribution in [2.75, 3.05) is 39.8 Å². The highest BCUT2D eigenvalue weighted by Gasteiger charge is 2.13. The van der Waals surface area contributed by atoms with Gasteiger partial charge in [-0.2, -0.15) is 0 Å². The lowest BCUT2D eigenvalue weighted by atomic mass is 10.1. The summed E-state index contributed by atoms with van der Waals surface area (Å²) >= 11 is 0. The van der Waals surface area contributed by atoms with Gasteiger partial charge in [-0.05, 0) is 26.6 Å². The third kappa shape index (κ3) is 3.93. The Morgan fingerprint density at radius 2 is 1.89 bits per heavy atom. The topological polar surface area (TPSA) is 23.6 Å². The Kier molecular flexibility index (Phi) is 4.90. The maximum atomic E-state index is 12.0. The fourth-order valence-electron chi connectivity index (χ4n) is 2.35. The number of hydrogen-bond acceptors (Lipinski definition) is 3. The molecule has 2 rings (SSSR count). The average Bonchev–Trinajstić information content (AvgIpc) is 2.62. The van der Waals surface area contributed by atoms with Crippen LogP contribution in [0.15, 0.2) is 30.3 Å². The highest BCUT2D eigenvalue weighted by Crippen LogP contribution is 2.06. The van der Waals surface area contributed by atoms with Gasteiger partial charge in [0.15, 0.2) is 5.78 Å². The molecule has 1 saturated heterocycles. The number of ketones is 1. The summed E-state index contributed by atoms with van der Waals surface area (Å²) in [5.41, 5.74) is 0.837.